The summed E-state index contributed by atoms with van der Waals surface area (Å²) in [6.07, 6.45) is 2.52. The number of nitrogens with one attached hydrogen (secondary N) is 1. The van der Waals surface area contributed by atoms with Gasteiger partial charge in [-0.3, -0.25) is 9.69 Å². The molecule has 0 bridgehead atoms. The predicted molar refractivity (Wildman–Crippen MR) is 90.7 cm³/mol. The van der Waals surface area contributed by atoms with Crippen molar-refractivity contribution in [3.05, 3.63) is 0 Å². The molecule has 134 valence electrons. The summed E-state index contributed by atoms with van der Waals surface area (Å²) in [5.74, 6) is -0.171. The van der Waals surface area contributed by atoms with Crippen molar-refractivity contribution in [3.63, 3.8) is 0 Å². The molecule has 2 saturated heterocycles. The van der Waals surface area contributed by atoms with Gasteiger partial charge in [0.05, 0.1) is 6.26 Å². The standard InChI is InChI=1S/C15H30N4O3S/c1-15(2,18-10-8-17(3)9-11-18)12-16-14(20)13-6-5-7-19(13)23(4,21)22/h13H,5-12H2,1-4H3,(H,16,20)/t13-/m0/s1. The van der Waals surface area contributed by atoms with Crippen LogP contribution in [-0.4, -0.2) is 92.6 Å². The lowest BCUT2D eigenvalue weighted by Gasteiger charge is -2.43. The Hall–Kier alpha value is -0.700. The maximum atomic E-state index is 12.4. The van der Waals surface area contributed by atoms with Gasteiger partial charge in [0.25, 0.3) is 0 Å². The van der Waals surface area contributed by atoms with Crippen molar-refractivity contribution in [1.82, 2.24) is 19.4 Å². The highest BCUT2D eigenvalue weighted by Crippen LogP contribution is 2.21. The molecule has 23 heavy (non-hydrogen) atoms. The lowest BCUT2D eigenvalue weighted by atomic mass is 10.0. The summed E-state index contributed by atoms with van der Waals surface area (Å²) in [5.41, 5.74) is -0.133. The van der Waals surface area contributed by atoms with E-state index in [1.54, 1.807) is 0 Å². The average Bonchev–Trinajstić information content (AvgIpc) is 2.95. The second-order valence-corrected chi connectivity index (χ2v) is 9.29. The summed E-state index contributed by atoms with van der Waals surface area (Å²) in [5, 5.41) is 2.98. The molecule has 0 aliphatic carbocycles. The minimum atomic E-state index is -3.32. The Morgan fingerprint density at radius 2 is 1.78 bits per heavy atom. The van der Waals surface area contributed by atoms with Crippen LogP contribution >= 0.6 is 0 Å². The molecule has 0 aromatic rings. The molecule has 2 rings (SSSR count). The number of piperazine rings is 1. The van der Waals surface area contributed by atoms with Gasteiger partial charge in [0.15, 0.2) is 0 Å². The minimum absolute atomic E-state index is 0.133. The molecule has 0 unspecified atom stereocenters. The number of hydrogen-bond acceptors (Lipinski definition) is 5. The van der Waals surface area contributed by atoms with E-state index >= 15 is 0 Å². The topological polar surface area (TPSA) is 73.0 Å². The lowest BCUT2D eigenvalue weighted by Crippen LogP contribution is -2.59. The van der Waals surface area contributed by atoms with Crippen LogP contribution in [0.2, 0.25) is 0 Å². The van der Waals surface area contributed by atoms with Gasteiger partial charge < -0.3 is 10.2 Å². The number of likely N-dealkylation sites (N-methyl/N-ethyl adjacent to an activating group) is 1. The van der Waals surface area contributed by atoms with Gasteiger partial charge in [-0.15, -0.1) is 0 Å². The normalized spacial score (nSPS) is 25.7. The monoisotopic (exact) mass is 346 g/mol. The molecule has 0 saturated carbocycles. The van der Waals surface area contributed by atoms with Crippen molar-refractivity contribution in [1.29, 1.82) is 0 Å². The van der Waals surface area contributed by atoms with Gasteiger partial charge in [-0.1, -0.05) is 0 Å². The van der Waals surface area contributed by atoms with Crippen LogP contribution in [0.4, 0.5) is 0 Å². The molecule has 1 amide bonds. The van der Waals surface area contributed by atoms with Crippen LogP contribution in [0.25, 0.3) is 0 Å². The van der Waals surface area contributed by atoms with E-state index in [1.165, 1.54) is 10.6 Å². The maximum absolute atomic E-state index is 12.4. The Labute approximate surface area is 140 Å². The molecule has 0 spiro atoms. The van der Waals surface area contributed by atoms with Gasteiger partial charge in [-0.25, -0.2) is 8.42 Å². The third-order valence-electron chi connectivity index (χ3n) is 4.99. The smallest absolute Gasteiger partial charge is 0.238 e. The van der Waals surface area contributed by atoms with Crippen LogP contribution in [-0.2, 0) is 14.8 Å². The molecule has 0 aromatic carbocycles. The van der Waals surface area contributed by atoms with Crippen LogP contribution in [0.1, 0.15) is 26.7 Å². The Morgan fingerprint density at radius 3 is 2.35 bits per heavy atom. The summed E-state index contributed by atoms with van der Waals surface area (Å²) < 4.78 is 24.8. The number of amides is 1. The van der Waals surface area contributed by atoms with E-state index in [-0.39, 0.29) is 11.4 Å². The van der Waals surface area contributed by atoms with Crippen molar-refractivity contribution in [2.24, 2.45) is 0 Å². The first kappa shape index (κ1) is 18.6. The molecule has 2 fully saturated rings. The largest absolute Gasteiger partial charge is 0.353 e. The van der Waals surface area contributed by atoms with Crippen molar-refractivity contribution in [3.8, 4) is 0 Å². The zero-order valence-electron chi connectivity index (χ0n) is 14.7. The van der Waals surface area contributed by atoms with Gasteiger partial charge in [-0.2, -0.15) is 4.31 Å². The van der Waals surface area contributed by atoms with E-state index in [9.17, 15) is 13.2 Å². The SMILES string of the molecule is CN1CCN(C(C)(C)CNC(=O)[C@@H]2CCCN2S(C)(=O)=O)CC1. The van der Waals surface area contributed by atoms with Gasteiger partial charge in [0.1, 0.15) is 6.04 Å². The van der Waals surface area contributed by atoms with E-state index in [2.05, 4.69) is 36.0 Å². The van der Waals surface area contributed by atoms with Crippen LogP contribution in [0, 0.1) is 0 Å². The predicted octanol–water partition coefficient (Wildman–Crippen LogP) is -0.447. The fraction of sp³-hybridized carbons (Fsp3) is 0.933. The summed E-state index contributed by atoms with van der Waals surface area (Å²) in [6.45, 7) is 9.26. The van der Waals surface area contributed by atoms with E-state index in [1.807, 2.05) is 0 Å². The highest BCUT2D eigenvalue weighted by atomic mass is 32.2. The molecule has 0 aromatic heterocycles. The highest BCUT2D eigenvalue weighted by Gasteiger charge is 2.37. The fourth-order valence-electron chi connectivity index (χ4n) is 3.34. The molecular formula is C15H30N4O3S. The molecule has 2 aliphatic heterocycles. The second-order valence-electron chi connectivity index (χ2n) is 7.35. The molecule has 8 heteroatoms. The van der Waals surface area contributed by atoms with E-state index in [0.29, 0.717) is 19.5 Å². The fourth-order valence-corrected chi connectivity index (χ4v) is 4.47. The molecule has 1 N–H and O–H groups in total. The molecule has 1 atom stereocenters. The Morgan fingerprint density at radius 1 is 1.17 bits per heavy atom. The molecule has 7 nitrogen and oxygen atoms in total. The van der Waals surface area contributed by atoms with Crippen LogP contribution in [0.15, 0.2) is 0 Å². The first-order chi connectivity index (χ1) is 10.6. The van der Waals surface area contributed by atoms with Gasteiger partial charge >= 0.3 is 0 Å². The number of rotatable bonds is 5. The summed E-state index contributed by atoms with van der Waals surface area (Å²) in [4.78, 5) is 17.1. The highest BCUT2D eigenvalue weighted by molar-refractivity contribution is 7.88. The second kappa shape index (κ2) is 7.04. The minimum Gasteiger partial charge on any atom is -0.353 e. The van der Waals surface area contributed by atoms with Gasteiger partial charge in [0, 0.05) is 44.8 Å². The number of carbonyl (C=O) groups is 1. The molecular weight excluding hydrogens is 316 g/mol. The van der Waals surface area contributed by atoms with E-state index in [0.717, 1.165) is 32.6 Å². The van der Waals surface area contributed by atoms with Crippen LogP contribution < -0.4 is 5.32 Å². The maximum Gasteiger partial charge on any atom is 0.238 e. The van der Waals surface area contributed by atoms with Crippen LogP contribution in [0.3, 0.4) is 0 Å². The number of carbonyl (C=O) groups excluding carboxylic acids is 1. The quantitative estimate of drug-likeness (QED) is 0.730. The molecule has 0 radical (unpaired) electrons. The molecule has 2 aliphatic rings. The van der Waals surface area contributed by atoms with Gasteiger partial charge in [0.2, 0.25) is 15.9 Å². The summed E-state index contributed by atoms with van der Waals surface area (Å²) >= 11 is 0. The number of hydrogen-bond donors (Lipinski definition) is 1. The summed E-state index contributed by atoms with van der Waals surface area (Å²) in [7, 11) is -1.20. The van der Waals surface area contributed by atoms with E-state index < -0.39 is 16.1 Å². The van der Waals surface area contributed by atoms with Crippen molar-refractivity contribution >= 4 is 15.9 Å². The zero-order valence-corrected chi connectivity index (χ0v) is 15.5. The first-order valence-electron chi connectivity index (χ1n) is 8.29. The number of sulfonamides is 1. The number of nitrogens with zero attached hydrogens (tertiary/aromatic N) is 3. The van der Waals surface area contributed by atoms with Crippen LogP contribution in [0.5, 0.6) is 0 Å². The summed E-state index contributed by atoms with van der Waals surface area (Å²) in [6, 6.07) is -0.548. The van der Waals surface area contributed by atoms with Crippen molar-refractivity contribution < 1.29 is 13.2 Å². The third kappa shape index (κ3) is 4.65. The Bertz CT molecular complexity index is 527. The Kier molecular flexibility index (Phi) is 5.71. The third-order valence-corrected chi connectivity index (χ3v) is 6.28. The zero-order chi connectivity index (χ0) is 17.3. The van der Waals surface area contributed by atoms with E-state index in [4.69, 9.17) is 0 Å². The molecule has 2 heterocycles. The Balaban J connectivity index is 1.90. The lowest BCUT2D eigenvalue weighted by molar-refractivity contribution is -0.124. The van der Waals surface area contributed by atoms with Gasteiger partial charge in [-0.05, 0) is 33.7 Å². The average molecular weight is 346 g/mol. The van der Waals surface area contributed by atoms with Crippen molar-refractivity contribution in [2.75, 3.05) is 52.6 Å². The first-order valence-corrected chi connectivity index (χ1v) is 10.1. The van der Waals surface area contributed by atoms with Crippen molar-refractivity contribution in [2.45, 2.75) is 38.3 Å².